The molecule has 0 saturated carbocycles. The van der Waals surface area contributed by atoms with Crippen LogP contribution < -0.4 is 0 Å². The van der Waals surface area contributed by atoms with Crippen LogP contribution in [0.3, 0.4) is 0 Å². The zero-order valence-corrected chi connectivity index (χ0v) is 9.35. The minimum atomic E-state index is 0.441. The third-order valence-electron chi connectivity index (χ3n) is 1.93. The number of nitrogens with zero attached hydrogens (tertiary/aromatic N) is 2. The van der Waals surface area contributed by atoms with E-state index in [9.17, 15) is 0 Å². The molecule has 2 aromatic rings. The van der Waals surface area contributed by atoms with Crippen molar-refractivity contribution in [2.24, 2.45) is 0 Å². The van der Waals surface area contributed by atoms with Gasteiger partial charge in [0.2, 0.25) is 0 Å². The average Bonchev–Trinajstić information content (AvgIpc) is 2.78. The summed E-state index contributed by atoms with van der Waals surface area (Å²) in [6.07, 6.45) is 0. The number of hydrogen-bond donors (Lipinski definition) is 0. The molecule has 4 heteroatoms. The molecule has 74 valence electrons. The third-order valence-corrected chi connectivity index (χ3v) is 3.15. The molecule has 1 heterocycles. The Morgan fingerprint density at radius 1 is 1.33 bits per heavy atom. The van der Waals surface area contributed by atoms with Gasteiger partial charge >= 0.3 is 0 Å². The van der Waals surface area contributed by atoms with Crippen molar-refractivity contribution in [1.82, 2.24) is 4.98 Å². The molecule has 0 unspecified atom stereocenters. The molecule has 0 amide bonds. The second kappa shape index (κ2) is 4.43. The van der Waals surface area contributed by atoms with E-state index < -0.39 is 0 Å². The molecule has 0 aliphatic rings. The van der Waals surface area contributed by atoms with Crippen LogP contribution in [0.25, 0.3) is 15.4 Å². The van der Waals surface area contributed by atoms with Gasteiger partial charge in [-0.15, -0.1) is 22.9 Å². The van der Waals surface area contributed by atoms with Crippen molar-refractivity contribution < 1.29 is 0 Å². The largest absolute Gasteiger partial charge is 0.240 e. The van der Waals surface area contributed by atoms with E-state index in [1.165, 1.54) is 0 Å². The predicted octanol–water partition coefficient (Wildman–Crippen LogP) is 4.10. The molecular weight excluding hydrogens is 228 g/mol. The highest BCUT2D eigenvalue weighted by atomic mass is 35.5. The van der Waals surface area contributed by atoms with Crippen LogP contribution in [0.1, 0.15) is 5.69 Å². The van der Waals surface area contributed by atoms with Crippen LogP contribution >= 0.6 is 22.9 Å². The highest BCUT2D eigenvalue weighted by Gasteiger charge is 2.03. The maximum absolute atomic E-state index is 6.85. The van der Waals surface area contributed by atoms with Crippen LogP contribution in [0.4, 0.5) is 5.69 Å². The Morgan fingerprint density at radius 3 is 2.60 bits per heavy atom. The van der Waals surface area contributed by atoms with Gasteiger partial charge in [-0.1, -0.05) is 24.3 Å². The molecule has 0 spiro atoms. The van der Waals surface area contributed by atoms with Crippen molar-refractivity contribution in [1.29, 1.82) is 0 Å². The van der Waals surface area contributed by atoms with Gasteiger partial charge < -0.3 is 0 Å². The lowest BCUT2D eigenvalue weighted by Crippen LogP contribution is -1.78. The fourth-order valence-electron chi connectivity index (χ4n) is 1.18. The summed E-state index contributed by atoms with van der Waals surface area (Å²) in [5.41, 5.74) is 2.57. The molecule has 0 aliphatic heterocycles. The molecule has 15 heavy (non-hydrogen) atoms. The van der Waals surface area contributed by atoms with E-state index in [2.05, 4.69) is 9.83 Å². The zero-order chi connectivity index (χ0) is 10.7. The summed E-state index contributed by atoms with van der Waals surface area (Å²) in [5.74, 6) is 0.441. The lowest BCUT2D eigenvalue weighted by molar-refractivity contribution is 1.23. The Morgan fingerprint density at radius 2 is 2.07 bits per heavy atom. The average molecular weight is 235 g/mol. The first-order valence-corrected chi connectivity index (χ1v) is 5.73. The minimum Gasteiger partial charge on any atom is -0.240 e. The molecule has 0 aliphatic carbocycles. The molecule has 0 bridgehead atoms. The Bertz CT molecular complexity index is 496. The second-order valence-corrected chi connectivity index (χ2v) is 4.06. The number of alkyl halides is 1. The van der Waals surface area contributed by atoms with Crippen molar-refractivity contribution in [2.45, 2.75) is 5.88 Å². The van der Waals surface area contributed by atoms with Crippen LogP contribution in [0.15, 0.2) is 29.6 Å². The summed E-state index contributed by atoms with van der Waals surface area (Å²) in [4.78, 5) is 7.70. The lowest BCUT2D eigenvalue weighted by atomic mass is 10.2. The highest BCUT2D eigenvalue weighted by Crippen LogP contribution is 2.26. The van der Waals surface area contributed by atoms with Crippen LogP contribution in [0.5, 0.6) is 0 Å². The van der Waals surface area contributed by atoms with Gasteiger partial charge in [0.1, 0.15) is 5.01 Å². The summed E-state index contributed by atoms with van der Waals surface area (Å²) < 4.78 is 0. The van der Waals surface area contributed by atoms with E-state index in [0.717, 1.165) is 16.3 Å². The summed E-state index contributed by atoms with van der Waals surface area (Å²) in [6.45, 7) is 6.85. The Balaban J connectivity index is 2.33. The van der Waals surface area contributed by atoms with Gasteiger partial charge in [-0.05, 0) is 0 Å². The summed E-state index contributed by atoms with van der Waals surface area (Å²) in [5, 5.41) is 2.90. The summed E-state index contributed by atoms with van der Waals surface area (Å²) >= 11 is 7.25. The number of rotatable bonds is 2. The Labute approximate surface area is 97.0 Å². The number of hydrogen-bond acceptors (Lipinski definition) is 2. The standard InChI is InChI=1S/C11H7ClN2S/c1-13-9-4-2-8(3-5-9)11-14-10(6-12)7-15-11/h2-5,7H,6H2. The minimum absolute atomic E-state index is 0.441. The molecule has 0 saturated heterocycles. The van der Waals surface area contributed by atoms with Crippen molar-refractivity contribution >= 4 is 28.6 Å². The van der Waals surface area contributed by atoms with Gasteiger partial charge in [-0.3, -0.25) is 0 Å². The molecule has 1 aromatic heterocycles. The first kappa shape index (κ1) is 10.2. The fraction of sp³-hybridized carbons (Fsp3) is 0.0909. The molecule has 1 aromatic carbocycles. The number of aromatic nitrogens is 1. The third kappa shape index (κ3) is 2.17. The fourth-order valence-corrected chi connectivity index (χ4v) is 2.23. The van der Waals surface area contributed by atoms with Gasteiger partial charge in [-0.2, -0.15) is 0 Å². The zero-order valence-electron chi connectivity index (χ0n) is 7.77. The molecule has 0 fully saturated rings. The number of thiazole rings is 1. The SMILES string of the molecule is [C-]#[N+]c1ccc(-c2nc(CCl)cs2)cc1. The molecule has 0 radical (unpaired) electrons. The second-order valence-electron chi connectivity index (χ2n) is 2.94. The van der Waals surface area contributed by atoms with Gasteiger partial charge in [0.25, 0.3) is 0 Å². The maximum Gasteiger partial charge on any atom is 0.187 e. The van der Waals surface area contributed by atoms with Crippen molar-refractivity contribution in [3.8, 4) is 10.6 Å². The monoisotopic (exact) mass is 234 g/mol. The first-order chi connectivity index (χ1) is 7.33. The van der Waals surface area contributed by atoms with Crippen molar-refractivity contribution in [3.63, 3.8) is 0 Å². The van der Waals surface area contributed by atoms with Crippen LogP contribution in [0, 0.1) is 6.57 Å². The Kier molecular flexibility index (Phi) is 3.00. The molecule has 2 rings (SSSR count). The summed E-state index contributed by atoms with van der Waals surface area (Å²) in [6, 6.07) is 7.41. The van der Waals surface area contributed by atoms with E-state index >= 15 is 0 Å². The summed E-state index contributed by atoms with van der Waals surface area (Å²) in [7, 11) is 0. The first-order valence-electron chi connectivity index (χ1n) is 4.32. The van der Waals surface area contributed by atoms with Gasteiger partial charge in [0.05, 0.1) is 18.1 Å². The molecule has 2 nitrogen and oxygen atoms in total. The highest BCUT2D eigenvalue weighted by molar-refractivity contribution is 7.13. The molecule has 0 N–H and O–H groups in total. The van der Waals surface area contributed by atoms with Gasteiger partial charge in [-0.25, -0.2) is 9.83 Å². The van der Waals surface area contributed by atoms with E-state index in [0.29, 0.717) is 11.6 Å². The van der Waals surface area contributed by atoms with E-state index in [4.69, 9.17) is 18.2 Å². The Hall–Kier alpha value is -1.37. The molecular formula is C11H7ClN2S. The topological polar surface area (TPSA) is 17.2 Å². The van der Waals surface area contributed by atoms with E-state index in [1.807, 2.05) is 17.5 Å². The van der Waals surface area contributed by atoms with E-state index in [-0.39, 0.29) is 0 Å². The van der Waals surface area contributed by atoms with Crippen molar-refractivity contribution in [2.75, 3.05) is 0 Å². The van der Waals surface area contributed by atoms with Crippen molar-refractivity contribution in [3.05, 3.63) is 46.8 Å². The van der Waals surface area contributed by atoms with Crippen LogP contribution in [0.2, 0.25) is 0 Å². The lowest BCUT2D eigenvalue weighted by Gasteiger charge is -1.95. The maximum atomic E-state index is 6.85. The van der Waals surface area contributed by atoms with Crippen LogP contribution in [-0.2, 0) is 5.88 Å². The number of benzene rings is 1. The predicted molar refractivity (Wildman–Crippen MR) is 63.4 cm³/mol. The smallest absolute Gasteiger partial charge is 0.187 e. The van der Waals surface area contributed by atoms with Gasteiger partial charge in [0, 0.05) is 10.9 Å². The normalized spacial score (nSPS) is 9.87. The van der Waals surface area contributed by atoms with Gasteiger partial charge in [0.15, 0.2) is 5.69 Å². The van der Waals surface area contributed by atoms with Crippen LogP contribution in [-0.4, -0.2) is 4.98 Å². The molecule has 0 atom stereocenters. The van der Waals surface area contributed by atoms with E-state index in [1.54, 1.807) is 23.5 Å². The number of halogens is 1. The quantitative estimate of drug-likeness (QED) is 0.565.